The summed E-state index contributed by atoms with van der Waals surface area (Å²) >= 11 is 0. The first-order valence-corrected chi connectivity index (χ1v) is 8.34. The first-order chi connectivity index (χ1) is 11.0. The zero-order valence-corrected chi connectivity index (χ0v) is 14.0. The molecule has 2 atom stereocenters. The number of benzene rings is 1. The molecule has 0 spiro atoms. The van der Waals surface area contributed by atoms with Crippen LogP contribution in [-0.2, 0) is 16.1 Å². The van der Waals surface area contributed by atoms with Crippen molar-refractivity contribution in [3.05, 3.63) is 29.8 Å². The molecule has 1 fully saturated rings. The van der Waals surface area contributed by atoms with E-state index in [0.29, 0.717) is 25.5 Å². The maximum Gasteiger partial charge on any atom is 0.320 e. The Morgan fingerprint density at radius 1 is 1.39 bits per heavy atom. The molecule has 2 rings (SSSR count). The Kier molecular flexibility index (Phi) is 6.86. The lowest BCUT2D eigenvalue weighted by molar-refractivity contribution is -0.140. The van der Waals surface area contributed by atoms with Gasteiger partial charge in [0.05, 0.1) is 6.10 Å². The smallest absolute Gasteiger partial charge is 0.320 e. The maximum atomic E-state index is 11.2. The van der Waals surface area contributed by atoms with E-state index in [0.717, 1.165) is 30.8 Å². The predicted molar refractivity (Wildman–Crippen MR) is 88.6 cm³/mol. The van der Waals surface area contributed by atoms with Gasteiger partial charge in [0.15, 0.2) is 0 Å². The van der Waals surface area contributed by atoms with E-state index in [9.17, 15) is 9.90 Å². The van der Waals surface area contributed by atoms with E-state index < -0.39 is 12.0 Å². The third-order valence-electron chi connectivity index (χ3n) is 3.94. The van der Waals surface area contributed by atoms with Crippen LogP contribution in [-0.4, -0.2) is 36.4 Å². The summed E-state index contributed by atoms with van der Waals surface area (Å²) in [6.45, 7) is 6.01. The molecule has 0 amide bonds. The Balaban J connectivity index is 1.78. The number of ether oxygens (including phenoxy) is 2. The summed E-state index contributed by atoms with van der Waals surface area (Å²) in [6, 6.07) is 7.26. The van der Waals surface area contributed by atoms with Crippen molar-refractivity contribution in [1.82, 2.24) is 5.32 Å². The van der Waals surface area contributed by atoms with Crippen LogP contribution in [0.3, 0.4) is 0 Å². The first-order valence-electron chi connectivity index (χ1n) is 8.34. The van der Waals surface area contributed by atoms with Crippen LogP contribution >= 0.6 is 0 Å². The Labute approximate surface area is 138 Å². The molecule has 1 aromatic rings. The van der Waals surface area contributed by atoms with Crippen LogP contribution in [0.4, 0.5) is 0 Å². The van der Waals surface area contributed by atoms with E-state index in [1.165, 1.54) is 0 Å². The van der Waals surface area contributed by atoms with Crippen molar-refractivity contribution in [3.63, 3.8) is 0 Å². The molecular formula is C18H27NO4. The summed E-state index contributed by atoms with van der Waals surface area (Å²) in [4.78, 5) is 11.2. The summed E-state index contributed by atoms with van der Waals surface area (Å²) in [5.74, 6) is 0.369. The van der Waals surface area contributed by atoms with Gasteiger partial charge in [0.25, 0.3) is 0 Å². The fraction of sp³-hybridized carbons (Fsp3) is 0.611. The lowest BCUT2D eigenvalue weighted by atomic mass is 10.0. The van der Waals surface area contributed by atoms with E-state index in [1.807, 2.05) is 38.1 Å². The van der Waals surface area contributed by atoms with Crippen molar-refractivity contribution in [3.8, 4) is 5.75 Å². The highest BCUT2D eigenvalue weighted by Gasteiger charge is 2.18. The predicted octanol–water partition coefficient (Wildman–Crippen LogP) is 2.83. The number of hydrogen-bond donors (Lipinski definition) is 2. The monoisotopic (exact) mass is 321 g/mol. The fourth-order valence-electron chi connectivity index (χ4n) is 2.65. The van der Waals surface area contributed by atoms with Crippen LogP contribution in [0.2, 0.25) is 0 Å². The van der Waals surface area contributed by atoms with E-state index in [2.05, 4.69) is 5.32 Å². The molecule has 23 heavy (non-hydrogen) atoms. The van der Waals surface area contributed by atoms with E-state index >= 15 is 0 Å². The van der Waals surface area contributed by atoms with Gasteiger partial charge in [-0.1, -0.05) is 26.0 Å². The molecule has 1 aliphatic heterocycles. The fourth-order valence-corrected chi connectivity index (χ4v) is 2.65. The molecule has 1 aromatic carbocycles. The largest absolute Gasteiger partial charge is 0.491 e. The Morgan fingerprint density at radius 3 is 2.70 bits per heavy atom. The van der Waals surface area contributed by atoms with Crippen molar-refractivity contribution in [1.29, 1.82) is 0 Å². The lowest BCUT2D eigenvalue weighted by Crippen LogP contribution is -2.37. The molecule has 5 heteroatoms. The van der Waals surface area contributed by atoms with Crippen LogP contribution in [0, 0.1) is 5.92 Å². The van der Waals surface area contributed by atoms with E-state index in [4.69, 9.17) is 9.47 Å². The zero-order chi connectivity index (χ0) is 16.7. The molecule has 1 saturated heterocycles. The quantitative estimate of drug-likeness (QED) is 0.732. The van der Waals surface area contributed by atoms with Gasteiger partial charge in [0.2, 0.25) is 0 Å². The van der Waals surface area contributed by atoms with Crippen LogP contribution < -0.4 is 10.1 Å². The molecule has 2 N–H and O–H groups in total. The van der Waals surface area contributed by atoms with Gasteiger partial charge in [0.1, 0.15) is 18.4 Å². The van der Waals surface area contributed by atoms with Gasteiger partial charge in [-0.3, -0.25) is 4.79 Å². The average Bonchev–Trinajstić information content (AvgIpc) is 3.03. The summed E-state index contributed by atoms with van der Waals surface area (Å²) in [7, 11) is 0. The second kappa shape index (κ2) is 8.89. The lowest BCUT2D eigenvalue weighted by Gasteiger charge is -2.16. The van der Waals surface area contributed by atoms with Gasteiger partial charge in [0, 0.05) is 13.2 Å². The first kappa shape index (κ1) is 17.8. The number of aliphatic carboxylic acids is 1. The molecule has 2 unspecified atom stereocenters. The minimum Gasteiger partial charge on any atom is -0.491 e. The molecule has 1 heterocycles. The molecule has 0 radical (unpaired) electrons. The maximum absolute atomic E-state index is 11.2. The van der Waals surface area contributed by atoms with Gasteiger partial charge in [-0.25, -0.2) is 0 Å². The normalized spacial score (nSPS) is 19.0. The summed E-state index contributed by atoms with van der Waals surface area (Å²) in [6.07, 6.45) is 3.01. The number of carboxylic acids is 1. The van der Waals surface area contributed by atoms with Crippen LogP contribution in [0.1, 0.15) is 38.7 Å². The number of hydrogen-bond acceptors (Lipinski definition) is 4. The highest BCUT2D eigenvalue weighted by molar-refractivity contribution is 5.73. The summed E-state index contributed by atoms with van der Waals surface area (Å²) in [5.41, 5.74) is 1.05. The zero-order valence-electron chi connectivity index (χ0n) is 14.0. The number of rotatable bonds is 9. The van der Waals surface area contributed by atoms with E-state index in [1.54, 1.807) is 0 Å². The van der Waals surface area contributed by atoms with Gasteiger partial charge in [-0.05, 0) is 42.9 Å². The highest BCUT2D eigenvalue weighted by Crippen LogP contribution is 2.17. The van der Waals surface area contributed by atoms with Crippen molar-refractivity contribution in [2.24, 2.45) is 5.92 Å². The third kappa shape index (κ3) is 6.20. The standard InChI is InChI=1S/C18H27NO4/c1-13(2)10-17(18(20)21)19-11-14-5-7-15(8-6-14)23-12-16-4-3-9-22-16/h5-8,13,16-17,19H,3-4,9-12H2,1-2H3,(H,20,21). The second-order valence-electron chi connectivity index (χ2n) is 6.49. The minimum absolute atomic E-state index is 0.212. The van der Waals surface area contributed by atoms with Crippen LogP contribution in [0.5, 0.6) is 5.75 Å². The third-order valence-corrected chi connectivity index (χ3v) is 3.94. The molecule has 0 bridgehead atoms. The summed E-state index contributed by atoms with van der Waals surface area (Å²) in [5, 5.41) is 12.3. The van der Waals surface area contributed by atoms with Crippen molar-refractivity contribution < 1.29 is 19.4 Å². The molecule has 0 saturated carbocycles. The van der Waals surface area contributed by atoms with Crippen LogP contribution in [0.25, 0.3) is 0 Å². The van der Waals surface area contributed by atoms with Crippen molar-refractivity contribution >= 4 is 5.97 Å². The van der Waals surface area contributed by atoms with Gasteiger partial charge < -0.3 is 19.9 Å². The Hall–Kier alpha value is -1.59. The molecule has 5 nitrogen and oxygen atoms in total. The Bertz CT molecular complexity index is 480. The van der Waals surface area contributed by atoms with Gasteiger partial charge >= 0.3 is 5.97 Å². The molecule has 0 aromatic heterocycles. The molecule has 128 valence electrons. The van der Waals surface area contributed by atoms with Crippen molar-refractivity contribution in [2.75, 3.05) is 13.2 Å². The highest BCUT2D eigenvalue weighted by atomic mass is 16.5. The molecule has 1 aliphatic rings. The van der Waals surface area contributed by atoms with Crippen LogP contribution in [0.15, 0.2) is 24.3 Å². The van der Waals surface area contributed by atoms with Crippen molar-refractivity contribution in [2.45, 2.75) is 51.8 Å². The molecule has 0 aliphatic carbocycles. The molecular weight excluding hydrogens is 294 g/mol. The SMILES string of the molecule is CC(C)CC(NCc1ccc(OCC2CCCO2)cc1)C(=O)O. The minimum atomic E-state index is -0.796. The number of carboxylic acid groups (broad SMARTS) is 1. The van der Waals surface area contributed by atoms with E-state index in [-0.39, 0.29) is 6.10 Å². The topological polar surface area (TPSA) is 67.8 Å². The second-order valence-corrected chi connectivity index (χ2v) is 6.49. The van der Waals surface area contributed by atoms with Gasteiger partial charge in [-0.15, -0.1) is 0 Å². The number of carbonyl (C=O) groups is 1. The van der Waals surface area contributed by atoms with Gasteiger partial charge in [-0.2, -0.15) is 0 Å². The average molecular weight is 321 g/mol. The number of nitrogens with one attached hydrogen (secondary N) is 1. The summed E-state index contributed by atoms with van der Waals surface area (Å²) < 4.78 is 11.2. The Morgan fingerprint density at radius 2 is 2.13 bits per heavy atom.